The minimum atomic E-state index is 0.459. The standard InChI is InChI=1S/C14H30O/c1-13(2)9-6-7-11-15-12-8-10-14(3,4)5/h13H,6-12H2,1-5H3. The first-order chi connectivity index (χ1) is 6.92. The van der Waals surface area contributed by atoms with Crippen molar-refractivity contribution >= 4 is 0 Å². The summed E-state index contributed by atoms with van der Waals surface area (Å²) in [6.45, 7) is 13.3. The molecule has 0 atom stereocenters. The van der Waals surface area contributed by atoms with E-state index >= 15 is 0 Å². The monoisotopic (exact) mass is 214 g/mol. The average Bonchev–Trinajstić information content (AvgIpc) is 2.07. The first-order valence-corrected chi connectivity index (χ1v) is 6.49. The quantitative estimate of drug-likeness (QED) is 0.534. The van der Waals surface area contributed by atoms with Crippen molar-refractivity contribution in [2.24, 2.45) is 11.3 Å². The Morgan fingerprint density at radius 2 is 1.53 bits per heavy atom. The highest BCUT2D eigenvalue weighted by Gasteiger charge is 2.08. The number of unbranched alkanes of at least 4 members (excludes halogenated alkanes) is 1. The van der Waals surface area contributed by atoms with E-state index in [9.17, 15) is 0 Å². The lowest BCUT2D eigenvalue weighted by Gasteiger charge is -2.17. The molecule has 0 aliphatic carbocycles. The smallest absolute Gasteiger partial charge is 0.0466 e. The molecule has 0 heterocycles. The summed E-state index contributed by atoms with van der Waals surface area (Å²) in [5.74, 6) is 0.839. The predicted molar refractivity (Wildman–Crippen MR) is 68.2 cm³/mol. The maximum absolute atomic E-state index is 5.61. The lowest BCUT2D eigenvalue weighted by Crippen LogP contribution is -2.07. The molecule has 0 aromatic rings. The van der Waals surface area contributed by atoms with Gasteiger partial charge >= 0.3 is 0 Å². The molecule has 0 radical (unpaired) electrons. The van der Waals surface area contributed by atoms with Crippen LogP contribution in [0.15, 0.2) is 0 Å². The molecule has 0 amide bonds. The lowest BCUT2D eigenvalue weighted by molar-refractivity contribution is 0.118. The molecule has 0 fully saturated rings. The molecule has 0 aromatic carbocycles. The molecule has 92 valence electrons. The zero-order valence-electron chi connectivity index (χ0n) is 11.4. The Hall–Kier alpha value is -0.0400. The number of ether oxygens (including phenoxy) is 1. The SMILES string of the molecule is CC(C)CCCCOCCCC(C)(C)C. The van der Waals surface area contributed by atoms with Crippen molar-refractivity contribution in [3.05, 3.63) is 0 Å². The fourth-order valence-corrected chi connectivity index (χ4v) is 1.56. The third-order valence-corrected chi connectivity index (χ3v) is 2.54. The fraction of sp³-hybridized carbons (Fsp3) is 1.00. The second-order valence-corrected chi connectivity index (χ2v) is 6.17. The molecule has 0 saturated heterocycles. The van der Waals surface area contributed by atoms with Gasteiger partial charge in [0.25, 0.3) is 0 Å². The van der Waals surface area contributed by atoms with Gasteiger partial charge in [-0.15, -0.1) is 0 Å². The largest absolute Gasteiger partial charge is 0.381 e. The molecule has 0 rings (SSSR count). The van der Waals surface area contributed by atoms with Crippen LogP contribution in [0.25, 0.3) is 0 Å². The summed E-state index contributed by atoms with van der Waals surface area (Å²) in [6, 6.07) is 0. The Balaban J connectivity index is 3.06. The van der Waals surface area contributed by atoms with E-state index < -0.39 is 0 Å². The van der Waals surface area contributed by atoms with Crippen LogP contribution in [0.3, 0.4) is 0 Å². The van der Waals surface area contributed by atoms with E-state index in [1.54, 1.807) is 0 Å². The molecule has 0 bridgehead atoms. The van der Waals surface area contributed by atoms with Crippen molar-refractivity contribution in [2.75, 3.05) is 13.2 Å². The molecule has 15 heavy (non-hydrogen) atoms. The molecule has 0 unspecified atom stereocenters. The average molecular weight is 214 g/mol. The van der Waals surface area contributed by atoms with E-state index in [0.717, 1.165) is 19.1 Å². The van der Waals surface area contributed by atoms with E-state index in [1.807, 2.05) is 0 Å². The van der Waals surface area contributed by atoms with Gasteiger partial charge in [-0.25, -0.2) is 0 Å². The van der Waals surface area contributed by atoms with E-state index in [2.05, 4.69) is 34.6 Å². The molecule has 0 aromatic heterocycles. The minimum Gasteiger partial charge on any atom is -0.381 e. The zero-order valence-corrected chi connectivity index (χ0v) is 11.4. The third kappa shape index (κ3) is 14.0. The van der Waals surface area contributed by atoms with Gasteiger partial charge in [0, 0.05) is 13.2 Å². The Morgan fingerprint density at radius 1 is 0.933 bits per heavy atom. The van der Waals surface area contributed by atoms with Crippen LogP contribution >= 0.6 is 0 Å². The van der Waals surface area contributed by atoms with Gasteiger partial charge in [0.05, 0.1) is 0 Å². The fourth-order valence-electron chi connectivity index (χ4n) is 1.56. The topological polar surface area (TPSA) is 9.23 Å². The van der Waals surface area contributed by atoms with Gasteiger partial charge in [0.2, 0.25) is 0 Å². The summed E-state index contributed by atoms with van der Waals surface area (Å²) in [6.07, 6.45) is 6.35. The molecule has 0 N–H and O–H groups in total. The van der Waals surface area contributed by atoms with Crippen LogP contribution in [0.2, 0.25) is 0 Å². The van der Waals surface area contributed by atoms with Crippen LogP contribution in [0.4, 0.5) is 0 Å². The van der Waals surface area contributed by atoms with Gasteiger partial charge < -0.3 is 4.74 Å². The summed E-state index contributed by atoms with van der Waals surface area (Å²) in [5.41, 5.74) is 0.459. The Kier molecular flexibility index (Phi) is 8.13. The van der Waals surface area contributed by atoms with Crippen molar-refractivity contribution in [3.8, 4) is 0 Å². The highest BCUT2D eigenvalue weighted by atomic mass is 16.5. The van der Waals surface area contributed by atoms with Gasteiger partial charge in [0.15, 0.2) is 0 Å². The molecule has 0 aliphatic heterocycles. The Bertz CT molecular complexity index is 133. The van der Waals surface area contributed by atoms with Crippen molar-refractivity contribution in [2.45, 2.75) is 66.7 Å². The second-order valence-electron chi connectivity index (χ2n) is 6.17. The maximum Gasteiger partial charge on any atom is 0.0466 e. The number of hydrogen-bond donors (Lipinski definition) is 0. The first kappa shape index (κ1) is 15.0. The number of rotatable bonds is 8. The van der Waals surface area contributed by atoms with Crippen LogP contribution in [-0.4, -0.2) is 13.2 Å². The van der Waals surface area contributed by atoms with Gasteiger partial charge in [0.1, 0.15) is 0 Å². The van der Waals surface area contributed by atoms with E-state index in [0.29, 0.717) is 5.41 Å². The molecule has 1 nitrogen and oxygen atoms in total. The van der Waals surface area contributed by atoms with Crippen LogP contribution < -0.4 is 0 Å². The predicted octanol–water partition coefficient (Wildman–Crippen LogP) is 4.66. The maximum atomic E-state index is 5.61. The lowest BCUT2D eigenvalue weighted by atomic mass is 9.91. The van der Waals surface area contributed by atoms with Gasteiger partial charge in [-0.3, -0.25) is 0 Å². The molecule has 1 heteroatoms. The van der Waals surface area contributed by atoms with Crippen molar-refractivity contribution < 1.29 is 4.74 Å². The third-order valence-electron chi connectivity index (χ3n) is 2.54. The second kappa shape index (κ2) is 8.15. The molecular weight excluding hydrogens is 184 g/mol. The number of hydrogen-bond acceptors (Lipinski definition) is 1. The van der Waals surface area contributed by atoms with E-state index in [-0.39, 0.29) is 0 Å². The molecule has 0 spiro atoms. The van der Waals surface area contributed by atoms with Crippen LogP contribution in [0.5, 0.6) is 0 Å². The van der Waals surface area contributed by atoms with Gasteiger partial charge in [-0.05, 0) is 30.6 Å². The summed E-state index contributed by atoms with van der Waals surface area (Å²) >= 11 is 0. The van der Waals surface area contributed by atoms with Gasteiger partial charge in [-0.2, -0.15) is 0 Å². The highest BCUT2D eigenvalue weighted by Crippen LogP contribution is 2.20. The van der Waals surface area contributed by atoms with Crippen molar-refractivity contribution in [1.29, 1.82) is 0 Å². The zero-order chi connectivity index (χ0) is 11.7. The Labute approximate surface area is 96.6 Å². The summed E-state index contributed by atoms with van der Waals surface area (Å²) < 4.78 is 5.61. The van der Waals surface area contributed by atoms with E-state index in [1.165, 1.54) is 32.1 Å². The van der Waals surface area contributed by atoms with E-state index in [4.69, 9.17) is 4.74 Å². The summed E-state index contributed by atoms with van der Waals surface area (Å²) in [7, 11) is 0. The summed E-state index contributed by atoms with van der Waals surface area (Å²) in [5, 5.41) is 0. The van der Waals surface area contributed by atoms with Crippen molar-refractivity contribution in [3.63, 3.8) is 0 Å². The minimum absolute atomic E-state index is 0.459. The van der Waals surface area contributed by atoms with Crippen molar-refractivity contribution in [1.82, 2.24) is 0 Å². The first-order valence-electron chi connectivity index (χ1n) is 6.49. The van der Waals surface area contributed by atoms with Gasteiger partial charge in [-0.1, -0.05) is 47.5 Å². The highest BCUT2D eigenvalue weighted by molar-refractivity contribution is 4.60. The molecule has 0 saturated carbocycles. The van der Waals surface area contributed by atoms with Crippen LogP contribution in [0, 0.1) is 11.3 Å². The van der Waals surface area contributed by atoms with Crippen LogP contribution in [-0.2, 0) is 4.74 Å². The van der Waals surface area contributed by atoms with Crippen LogP contribution in [0.1, 0.15) is 66.7 Å². The normalized spacial score (nSPS) is 12.4. The summed E-state index contributed by atoms with van der Waals surface area (Å²) in [4.78, 5) is 0. The molecule has 0 aliphatic rings. The molecular formula is C14H30O. The Morgan fingerprint density at radius 3 is 2.07 bits per heavy atom.